The van der Waals surface area contributed by atoms with E-state index >= 15 is 0 Å². The molecule has 1 aromatic carbocycles. The van der Waals surface area contributed by atoms with Crippen molar-refractivity contribution >= 4 is 22.6 Å². The van der Waals surface area contributed by atoms with Crippen molar-refractivity contribution < 1.29 is 0 Å². The van der Waals surface area contributed by atoms with Crippen molar-refractivity contribution in [3.05, 3.63) is 33.4 Å². The van der Waals surface area contributed by atoms with E-state index in [4.69, 9.17) is 0 Å². The lowest BCUT2D eigenvalue weighted by Gasteiger charge is -2.52. The second kappa shape index (κ2) is 6.32. The maximum atomic E-state index is 3.80. The molecule has 1 heterocycles. The van der Waals surface area contributed by atoms with Crippen LogP contribution < -0.4 is 5.32 Å². The lowest BCUT2D eigenvalue weighted by Crippen LogP contribution is -2.67. The average molecular weight is 386 g/mol. The zero-order valence-corrected chi connectivity index (χ0v) is 15.3. The molecule has 0 radical (unpaired) electrons. The molecule has 1 fully saturated rings. The van der Waals surface area contributed by atoms with Gasteiger partial charge in [-0.3, -0.25) is 4.90 Å². The van der Waals surface area contributed by atoms with Crippen molar-refractivity contribution in [1.82, 2.24) is 10.2 Å². The minimum absolute atomic E-state index is 0.219. The predicted octanol–water partition coefficient (Wildman–Crippen LogP) is 4.03. The third-order valence-corrected chi connectivity index (χ3v) is 5.60. The van der Waals surface area contributed by atoms with Crippen LogP contribution in [0.2, 0.25) is 0 Å². The molecule has 0 atom stereocenters. The highest BCUT2D eigenvalue weighted by atomic mass is 127. The number of rotatable bonds is 4. The van der Waals surface area contributed by atoms with Gasteiger partial charge >= 0.3 is 0 Å². The Morgan fingerprint density at radius 2 is 1.75 bits per heavy atom. The first-order chi connectivity index (χ1) is 9.41. The van der Waals surface area contributed by atoms with Crippen molar-refractivity contribution in [1.29, 1.82) is 0 Å². The molecule has 0 aliphatic carbocycles. The predicted molar refractivity (Wildman–Crippen MR) is 95.0 cm³/mol. The molecule has 2 rings (SSSR count). The third kappa shape index (κ3) is 3.55. The van der Waals surface area contributed by atoms with E-state index < -0.39 is 0 Å². The van der Waals surface area contributed by atoms with E-state index in [1.165, 1.54) is 22.0 Å². The Morgan fingerprint density at radius 1 is 1.15 bits per heavy atom. The molecule has 1 saturated heterocycles. The number of halogens is 1. The fourth-order valence-corrected chi connectivity index (χ4v) is 3.31. The Morgan fingerprint density at radius 3 is 2.30 bits per heavy atom. The van der Waals surface area contributed by atoms with Gasteiger partial charge in [0.2, 0.25) is 0 Å². The smallest absolute Gasteiger partial charge is 0.0304 e. The molecule has 0 aromatic heterocycles. The Labute approximate surface area is 137 Å². The highest BCUT2D eigenvalue weighted by Crippen LogP contribution is 2.29. The zero-order chi connectivity index (χ0) is 14.8. The fraction of sp³-hybridized carbons (Fsp3) is 0.647. The van der Waals surface area contributed by atoms with Crippen molar-refractivity contribution in [2.45, 2.75) is 58.2 Å². The minimum atomic E-state index is 0.219. The van der Waals surface area contributed by atoms with Gasteiger partial charge in [-0.1, -0.05) is 26.0 Å². The normalized spacial score (nSPS) is 21.9. The Bertz CT molecular complexity index is 435. The number of hydrogen-bond donors (Lipinski definition) is 1. The second-order valence-corrected chi connectivity index (χ2v) is 7.88. The van der Waals surface area contributed by atoms with Gasteiger partial charge in [-0.05, 0) is 67.0 Å². The summed E-state index contributed by atoms with van der Waals surface area (Å²) in [5.41, 5.74) is 1.93. The molecule has 1 N–H and O–H groups in total. The molecular formula is C17H27IN2. The van der Waals surface area contributed by atoms with Gasteiger partial charge in [-0.2, -0.15) is 0 Å². The molecule has 0 amide bonds. The van der Waals surface area contributed by atoms with Gasteiger partial charge < -0.3 is 5.32 Å². The molecule has 0 bridgehead atoms. The van der Waals surface area contributed by atoms with Crippen LogP contribution in [0, 0.1) is 3.57 Å². The van der Waals surface area contributed by atoms with Gasteiger partial charge in [0.25, 0.3) is 0 Å². The van der Waals surface area contributed by atoms with Gasteiger partial charge in [0.15, 0.2) is 0 Å². The molecule has 1 aliphatic rings. The van der Waals surface area contributed by atoms with Gasteiger partial charge in [-0.25, -0.2) is 0 Å². The van der Waals surface area contributed by atoms with E-state index in [1.807, 2.05) is 0 Å². The first-order valence-corrected chi connectivity index (χ1v) is 8.73. The summed E-state index contributed by atoms with van der Waals surface area (Å²) >= 11 is 2.37. The number of nitrogens with one attached hydrogen (secondary N) is 1. The van der Waals surface area contributed by atoms with Crippen molar-refractivity contribution in [3.63, 3.8) is 0 Å². The molecule has 20 heavy (non-hydrogen) atoms. The quantitative estimate of drug-likeness (QED) is 0.786. The number of hydrogen-bond acceptors (Lipinski definition) is 2. The van der Waals surface area contributed by atoms with Crippen molar-refractivity contribution in [2.24, 2.45) is 0 Å². The molecule has 2 nitrogen and oxygen atoms in total. The lowest BCUT2D eigenvalue weighted by molar-refractivity contribution is 0.0162. The number of piperazine rings is 1. The Kier molecular flexibility index (Phi) is 5.14. The summed E-state index contributed by atoms with van der Waals surface area (Å²) in [6.07, 6.45) is 2.39. The lowest BCUT2D eigenvalue weighted by atomic mass is 9.84. The minimum Gasteiger partial charge on any atom is -0.308 e. The van der Waals surface area contributed by atoms with Crippen molar-refractivity contribution in [2.75, 3.05) is 13.1 Å². The van der Waals surface area contributed by atoms with Crippen LogP contribution in [-0.2, 0) is 6.54 Å². The standard InChI is InChI=1S/C17H27IN2/c1-5-17(6-2)13-20(16(3,4)12-19-17)11-14-7-9-15(18)10-8-14/h7-10,19H,5-6,11-13H2,1-4H3. The average Bonchev–Trinajstić information content (AvgIpc) is 2.44. The summed E-state index contributed by atoms with van der Waals surface area (Å²) in [6, 6.07) is 8.94. The summed E-state index contributed by atoms with van der Waals surface area (Å²) < 4.78 is 1.31. The van der Waals surface area contributed by atoms with E-state index in [0.29, 0.717) is 5.54 Å². The molecule has 0 spiro atoms. The highest BCUT2D eigenvalue weighted by Gasteiger charge is 2.40. The summed E-state index contributed by atoms with van der Waals surface area (Å²) in [6.45, 7) is 12.6. The fourth-order valence-electron chi connectivity index (χ4n) is 2.95. The van der Waals surface area contributed by atoms with E-state index in [2.05, 4.69) is 84.8 Å². The summed E-state index contributed by atoms with van der Waals surface area (Å²) in [5.74, 6) is 0. The van der Waals surface area contributed by atoms with Gasteiger partial charge in [0, 0.05) is 34.3 Å². The van der Waals surface area contributed by atoms with Crippen LogP contribution in [-0.4, -0.2) is 29.1 Å². The Hall–Kier alpha value is -0.130. The van der Waals surface area contributed by atoms with Crippen molar-refractivity contribution in [3.8, 4) is 0 Å². The van der Waals surface area contributed by atoms with Crippen LogP contribution in [0.1, 0.15) is 46.1 Å². The molecule has 3 heteroatoms. The van der Waals surface area contributed by atoms with Crippen LogP contribution >= 0.6 is 22.6 Å². The van der Waals surface area contributed by atoms with Gasteiger partial charge in [-0.15, -0.1) is 0 Å². The molecule has 1 aromatic rings. The largest absolute Gasteiger partial charge is 0.308 e. The van der Waals surface area contributed by atoms with E-state index in [-0.39, 0.29) is 5.54 Å². The third-order valence-electron chi connectivity index (χ3n) is 4.89. The maximum Gasteiger partial charge on any atom is 0.0304 e. The first kappa shape index (κ1) is 16.2. The molecule has 0 saturated carbocycles. The molecule has 1 aliphatic heterocycles. The maximum absolute atomic E-state index is 3.80. The van der Waals surface area contributed by atoms with Crippen LogP contribution in [0.5, 0.6) is 0 Å². The summed E-state index contributed by atoms with van der Waals surface area (Å²) in [4.78, 5) is 2.65. The number of nitrogens with zero attached hydrogens (tertiary/aromatic N) is 1. The summed E-state index contributed by atoms with van der Waals surface area (Å²) in [7, 11) is 0. The monoisotopic (exact) mass is 386 g/mol. The van der Waals surface area contributed by atoms with E-state index in [1.54, 1.807) is 0 Å². The van der Waals surface area contributed by atoms with E-state index in [0.717, 1.165) is 19.6 Å². The van der Waals surface area contributed by atoms with Crippen LogP contribution in [0.3, 0.4) is 0 Å². The van der Waals surface area contributed by atoms with Gasteiger partial charge in [0.05, 0.1) is 0 Å². The Balaban J connectivity index is 2.15. The van der Waals surface area contributed by atoms with E-state index in [9.17, 15) is 0 Å². The topological polar surface area (TPSA) is 15.3 Å². The number of benzene rings is 1. The van der Waals surface area contributed by atoms with Crippen LogP contribution in [0.15, 0.2) is 24.3 Å². The molecular weight excluding hydrogens is 359 g/mol. The molecule has 0 unspecified atom stereocenters. The highest BCUT2D eigenvalue weighted by molar-refractivity contribution is 14.1. The van der Waals surface area contributed by atoms with Gasteiger partial charge in [0.1, 0.15) is 0 Å². The SMILES string of the molecule is CCC1(CC)CN(Cc2ccc(I)cc2)C(C)(C)CN1. The first-order valence-electron chi connectivity index (χ1n) is 7.65. The van der Waals surface area contributed by atoms with Crippen LogP contribution in [0.4, 0.5) is 0 Å². The summed E-state index contributed by atoms with van der Waals surface area (Å²) in [5, 5.41) is 3.80. The molecule has 112 valence electrons. The van der Waals surface area contributed by atoms with Crippen LogP contribution in [0.25, 0.3) is 0 Å². The zero-order valence-electron chi connectivity index (χ0n) is 13.2. The second-order valence-electron chi connectivity index (χ2n) is 6.64.